The third-order valence-electron chi connectivity index (χ3n) is 4.80. The lowest BCUT2D eigenvalue weighted by atomic mass is 10.1. The van der Waals surface area contributed by atoms with Crippen LogP contribution in [0.1, 0.15) is 52.4 Å². The standard InChI is InChI=1S/C26H45NO7/c1-3-4-5-6-7-8-13-29-14-15-30-16-17-31-18-19-32-20-21-33-22-23-34-26-11-9-25(10-12-26)27-24(2)28/h9-12H,3-8,13-23H2,1-2H3,(H,27,28). The van der Waals surface area contributed by atoms with Gasteiger partial charge in [-0.05, 0) is 30.7 Å². The molecule has 0 aromatic heterocycles. The first-order chi connectivity index (χ1) is 16.7. The number of benzene rings is 1. The minimum absolute atomic E-state index is 0.0972. The molecule has 0 fully saturated rings. The van der Waals surface area contributed by atoms with Gasteiger partial charge < -0.3 is 33.7 Å². The Morgan fingerprint density at radius 1 is 0.618 bits per heavy atom. The van der Waals surface area contributed by atoms with E-state index < -0.39 is 0 Å². The van der Waals surface area contributed by atoms with E-state index in [4.69, 9.17) is 28.4 Å². The lowest BCUT2D eigenvalue weighted by Crippen LogP contribution is -2.14. The Morgan fingerprint density at radius 2 is 1.06 bits per heavy atom. The van der Waals surface area contributed by atoms with Crippen LogP contribution in [0.5, 0.6) is 5.75 Å². The highest BCUT2D eigenvalue weighted by molar-refractivity contribution is 5.88. The summed E-state index contributed by atoms with van der Waals surface area (Å²) in [5.41, 5.74) is 0.744. The van der Waals surface area contributed by atoms with Gasteiger partial charge in [0, 0.05) is 19.2 Å². The normalized spacial score (nSPS) is 11.0. The molecule has 8 heteroatoms. The number of carbonyl (C=O) groups is 1. The zero-order valence-corrected chi connectivity index (χ0v) is 21.2. The van der Waals surface area contributed by atoms with Crippen LogP contribution in [0.15, 0.2) is 24.3 Å². The molecule has 0 atom stereocenters. The van der Waals surface area contributed by atoms with Crippen molar-refractivity contribution in [2.75, 3.05) is 78.0 Å². The first-order valence-electron chi connectivity index (χ1n) is 12.6. The Morgan fingerprint density at radius 3 is 1.56 bits per heavy atom. The first-order valence-corrected chi connectivity index (χ1v) is 12.6. The lowest BCUT2D eigenvalue weighted by molar-refractivity contribution is -0.114. The van der Waals surface area contributed by atoms with E-state index in [1.165, 1.54) is 39.0 Å². The van der Waals surface area contributed by atoms with E-state index in [-0.39, 0.29) is 5.91 Å². The fraction of sp³-hybridized carbons (Fsp3) is 0.731. The zero-order chi connectivity index (χ0) is 24.5. The molecule has 34 heavy (non-hydrogen) atoms. The summed E-state index contributed by atoms with van der Waals surface area (Å²) in [6.07, 6.45) is 7.69. The van der Waals surface area contributed by atoms with E-state index in [9.17, 15) is 4.79 Å². The highest BCUT2D eigenvalue weighted by Gasteiger charge is 1.98. The quantitative estimate of drug-likeness (QED) is 0.217. The van der Waals surface area contributed by atoms with Gasteiger partial charge in [0.25, 0.3) is 0 Å². The molecule has 0 saturated carbocycles. The summed E-state index contributed by atoms with van der Waals surface area (Å²) < 4.78 is 33.1. The molecular weight excluding hydrogens is 438 g/mol. The topological polar surface area (TPSA) is 84.5 Å². The third-order valence-corrected chi connectivity index (χ3v) is 4.80. The van der Waals surface area contributed by atoms with Gasteiger partial charge in [-0.1, -0.05) is 39.0 Å². The Kier molecular flexibility index (Phi) is 20.6. The van der Waals surface area contributed by atoms with Crippen LogP contribution in [-0.4, -0.2) is 78.6 Å². The molecule has 0 aliphatic heterocycles. The fourth-order valence-electron chi connectivity index (χ4n) is 3.02. The van der Waals surface area contributed by atoms with Crippen molar-refractivity contribution in [2.24, 2.45) is 0 Å². The number of hydrogen-bond donors (Lipinski definition) is 1. The summed E-state index contributed by atoms with van der Waals surface area (Å²) in [4.78, 5) is 11.0. The highest BCUT2D eigenvalue weighted by Crippen LogP contribution is 2.15. The van der Waals surface area contributed by atoms with Crippen LogP contribution in [0.3, 0.4) is 0 Å². The van der Waals surface area contributed by atoms with Crippen molar-refractivity contribution in [3.63, 3.8) is 0 Å². The van der Waals surface area contributed by atoms with Crippen LogP contribution in [-0.2, 0) is 28.5 Å². The summed E-state index contributed by atoms with van der Waals surface area (Å²) in [5, 5.41) is 2.71. The highest BCUT2D eigenvalue weighted by atomic mass is 16.6. The number of rotatable bonds is 24. The van der Waals surface area contributed by atoms with E-state index in [0.717, 1.165) is 24.5 Å². The summed E-state index contributed by atoms with van der Waals surface area (Å²) >= 11 is 0. The smallest absolute Gasteiger partial charge is 0.221 e. The van der Waals surface area contributed by atoms with E-state index in [1.807, 2.05) is 12.1 Å². The van der Waals surface area contributed by atoms with Crippen LogP contribution in [0, 0.1) is 0 Å². The van der Waals surface area contributed by atoms with E-state index in [0.29, 0.717) is 66.1 Å². The average Bonchev–Trinajstić information content (AvgIpc) is 2.83. The molecule has 196 valence electrons. The van der Waals surface area contributed by atoms with Gasteiger partial charge >= 0.3 is 0 Å². The molecule has 0 heterocycles. The molecule has 0 unspecified atom stereocenters. The van der Waals surface area contributed by atoms with Crippen molar-refractivity contribution >= 4 is 11.6 Å². The second-order valence-corrected chi connectivity index (χ2v) is 7.88. The van der Waals surface area contributed by atoms with Gasteiger partial charge in [0.15, 0.2) is 0 Å². The van der Waals surface area contributed by atoms with Gasteiger partial charge in [0.05, 0.1) is 59.5 Å². The van der Waals surface area contributed by atoms with Crippen LogP contribution in [0.25, 0.3) is 0 Å². The van der Waals surface area contributed by atoms with Crippen LogP contribution < -0.4 is 10.1 Å². The molecule has 1 N–H and O–H groups in total. The largest absolute Gasteiger partial charge is 0.491 e. The van der Waals surface area contributed by atoms with Crippen molar-refractivity contribution < 1.29 is 33.2 Å². The van der Waals surface area contributed by atoms with Crippen molar-refractivity contribution in [2.45, 2.75) is 52.4 Å². The number of anilines is 1. The zero-order valence-electron chi connectivity index (χ0n) is 21.2. The summed E-state index contributed by atoms with van der Waals surface area (Å²) in [5.74, 6) is 0.635. The maximum Gasteiger partial charge on any atom is 0.221 e. The van der Waals surface area contributed by atoms with Crippen LogP contribution in [0.4, 0.5) is 5.69 Å². The van der Waals surface area contributed by atoms with E-state index >= 15 is 0 Å². The minimum atomic E-state index is -0.0972. The van der Waals surface area contributed by atoms with E-state index in [2.05, 4.69) is 12.2 Å². The molecule has 0 bridgehead atoms. The number of hydrogen-bond acceptors (Lipinski definition) is 7. The molecule has 0 spiro atoms. The van der Waals surface area contributed by atoms with Gasteiger partial charge in [0.1, 0.15) is 12.4 Å². The third kappa shape index (κ3) is 19.7. The lowest BCUT2D eigenvalue weighted by Gasteiger charge is -2.09. The van der Waals surface area contributed by atoms with Crippen molar-refractivity contribution in [1.82, 2.24) is 0 Å². The first kappa shape index (κ1) is 30.3. The maximum atomic E-state index is 11.0. The molecule has 0 aliphatic carbocycles. The van der Waals surface area contributed by atoms with Crippen molar-refractivity contribution in [1.29, 1.82) is 0 Å². The van der Waals surface area contributed by atoms with Crippen LogP contribution in [0.2, 0.25) is 0 Å². The van der Waals surface area contributed by atoms with Gasteiger partial charge in [-0.3, -0.25) is 4.79 Å². The predicted octanol–water partition coefficient (Wildman–Crippen LogP) is 4.47. The van der Waals surface area contributed by atoms with E-state index in [1.54, 1.807) is 12.1 Å². The molecule has 1 rings (SSSR count). The molecule has 0 aliphatic rings. The monoisotopic (exact) mass is 483 g/mol. The van der Waals surface area contributed by atoms with Crippen molar-refractivity contribution in [3.8, 4) is 5.75 Å². The van der Waals surface area contributed by atoms with Crippen molar-refractivity contribution in [3.05, 3.63) is 24.3 Å². The van der Waals surface area contributed by atoms with Gasteiger partial charge in [0.2, 0.25) is 5.91 Å². The number of unbranched alkanes of at least 4 members (excludes halogenated alkanes) is 5. The molecule has 1 aromatic carbocycles. The molecule has 1 amide bonds. The fourth-order valence-corrected chi connectivity index (χ4v) is 3.02. The Balaban J connectivity index is 1.74. The second-order valence-electron chi connectivity index (χ2n) is 7.88. The molecule has 0 radical (unpaired) electrons. The predicted molar refractivity (Wildman–Crippen MR) is 134 cm³/mol. The summed E-state index contributed by atoms with van der Waals surface area (Å²) in [6.45, 7) is 9.94. The molecule has 1 aromatic rings. The number of nitrogens with one attached hydrogen (secondary N) is 1. The van der Waals surface area contributed by atoms with Gasteiger partial charge in [-0.25, -0.2) is 0 Å². The Labute approximate surface area is 205 Å². The Bertz CT molecular complexity index is 583. The van der Waals surface area contributed by atoms with Gasteiger partial charge in [-0.15, -0.1) is 0 Å². The molecule has 8 nitrogen and oxygen atoms in total. The molecular formula is C26H45NO7. The summed E-state index contributed by atoms with van der Waals surface area (Å²) in [6, 6.07) is 7.22. The Hall–Kier alpha value is -1.71. The summed E-state index contributed by atoms with van der Waals surface area (Å²) in [7, 11) is 0. The number of ether oxygens (including phenoxy) is 6. The molecule has 0 saturated heterocycles. The number of amides is 1. The second kappa shape index (κ2) is 23.1. The van der Waals surface area contributed by atoms with Crippen LogP contribution >= 0.6 is 0 Å². The average molecular weight is 484 g/mol. The van der Waals surface area contributed by atoms with Gasteiger partial charge in [-0.2, -0.15) is 0 Å². The minimum Gasteiger partial charge on any atom is -0.491 e. The SMILES string of the molecule is CCCCCCCCOCCOCCOCCOCCOCCOc1ccc(NC(C)=O)cc1. The number of carbonyl (C=O) groups excluding carboxylic acids is 1. The maximum absolute atomic E-state index is 11.0.